The number of esters is 1. The van der Waals surface area contributed by atoms with Crippen molar-refractivity contribution in [1.82, 2.24) is 25.3 Å². The summed E-state index contributed by atoms with van der Waals surface area (Å²) < 4.78 is 4.91. The van der Waals surface area contributed by atoms with Gasteiger partial charge in [0, 0.05) is 11.8 Å². The highest BCUT2D eigenvalue weighted by molar-refractivity contribution is 7.99. The van der Waals surface area contributed by atoms with E-state index in [1.54, 1.807) is 6.33 Å². The monoisotopic (exact) mass is 309 g/mol. The molecule has 0 aliphatic heterocycles. The van der Waals surface area contributed by atoms with Gasteiger partial charge in [0.25, 0.3) is 0 Å². The second-order valence-corrected chi connectivity index (χ2v) is 6.16. The van der Waals surface area contributed by atoms with Crippen LogP contribution < -0.4 is 5.32 Å². The fourth-order valence-electron chi connectivity index (χ4n) is 2.09. The van der Waals surface area contributed by atoms with Crippen molar-refractivity contribution >= 4 is 28.9 Å². The molecule has 0 amide bonds. The van der Waals surface area contributed by atoms with Crippen LogP contribution in [0.25, 0.3) is 11.2 Å². The van der Waals surface area contributed by atoms with Gasteiger partial charge in [-0.3, -0.25) is 10.1 Å². The molecule has 8 heteroatoms. The highest BCUT2D eigenvalue weighted by Gasteiger charge is 2.35. The summed E-state index contributed by atoms with van der Waals surface area (Å²) in [6, 6.07) is 0.160. The number of imidazole rings is 1. The molecular weight excluding hydrogens is 290 g/mol. The molecule has 0 fully saturated rings. The summed E-state index contributed by atoms with van der Waals surface area (Å²) in [6.07, 6.45) is 3.05. The van der Waals surface area contributed by atoms with Crippen LogP contribution >= 0.6 is 11.8 Å². The van der Waals surface area contributed by atoms with Crippen LogP contribution in [0.15, 0.2) is 17.7 Å². The molecule has 114 valence electrons. The van der Waals surface area contributed by atoms with E-state index in [4.69, 9.17) is 4.74 Å². The predicted molar refractivity (Wildman–Crippen MR) is 81.1 cm³/mol. The SMILES string of the molecule is COC(=O)C(C)(CSc1ncnc2nc[nH]c12)NC(C)C. The number of ether oxygens (including phenoxy) is 1. The summed E-state index contributed by atoms with van der Waals surface area (Å²) in [7, 11) is 1.39. The molecule has 0 saturated carbocycles. The number of carbonyl (C=O) groups excluding carboxylic acids is 1. The van der Waals surface area contributed by atoms with Crippen LogP contribution in [0.3, 0.4) is 0 Å². The number of rotatable bonds is 6. The molecule has 0 aliphatic carbocycles. The zero-order valence-electron chi connectivity index (χ0n) is 12.5. The summed E-state index contributed by atoms with van der Waals surface area (Å²) in [5, 5.41) is 4.02. The van der Waals surface area contributed by atoms with Crippen molar-refractivity contribution in [3.63, 3.8) is 0 Å². The number of aromatic nitrogens is 4. The van der Waals surface area contributed by atoms with Crippen LogP contribution in [0.2, 0.25) is 0 Å². The second-order valence-electron chi connectivity index (χ2n) is 5.19. The molecule has 0 spiro atoms. The molecule has 21 heavy (non-hydrogen) atoms. The quantitative estimate of drug-likeness (QED) is 0.473. The molecular formula is C13H19N5O2S. The molecule has 2 N–H and O–H groups in total. The van der Waals surface area contributed by atoms with E-state index in [-0.39, 0.29) is 12.0 Å². The molecule has 1 unspecified atom stereocenters. The van der Waals surface area contributed by atoms with Crippen LogP contribution in [0.4, 0.5) is 0 Å². The largest absolute Gasteiger partial charge is 0.468 e. The molecule has 0 bridgehead atoms. The van der Waals surface area contributed by atoms with Crippen molar-refractivity contribution in [1.29, 1.82) is 0 Å². The Bertz CT molecular complexity index is 630. The Morgan fingerprint density at radius 3 is 2.90 bits per heavy atom. The average Bonchev–Trinajstić information content (AvgIpc) is 2.92. The number of thioether (sulfide) groups is 1. The standard InChI is InChI=1S/C13H19N5O2S/c1-8(2)18-13(3,12(19)20-4)5-21-11-9-10(15-6-14-9)16-7-17-11/h6-8,18H,5H2,1-4H3,(H,14,15,16,17). The number of nitrogens with zero attached hydrogens (tertiary/aromatic N) is 3. The van der Waals surface area contributed by atoms with Gasteiger partial charge in [0.05, 0.1) is 13.4 Å². The van der Waals surface area contributed by atoms with E-state index in [0.29, 0.717) is 11.4 Å². The lowest BCUT2D eigenvalue weighted by atomic mass is 10.0. The predicted octanol–water partition coefficient (Wildman–Crippen LogP) is 1.37. The molecule has 2 aromatic rings. The Kier molecular flexibility index (Phi) is 4.79. The zero-order chi connectivity index (χ0) is 15.5. The topological polar surface area (TPSA) is 92.8 Å². The number of hydrogen-bond acceptors (Lipinski definition) is 7. The first-order chi connectivity index (χ1) is 9.96. The van der Waals surface area contributed by atoms with E-state index in [2.05, 4.69) is 25.3 Å². The smallest absolute Gasteiger partial charge is 0.326 e. The van der Waals surface area contributed by atoms with Crippen LogP contribution in [-0.2, 0) is 9.53 Å². The maximum Gasteiger partial charge on any atom is 0.326 e. The van der Waals surface area contributed by atoms with E-state index in [9.17, 15) is 4.79 Å². The lowest BCUT2D eigenvalue weighted by Crippen LogP contribution is -2.54. The van der Waals surface area contributed by atoms with Crippen LogP contribution in [-0.4, -0.2) is 50.3 Å². The number of aromatic amines is 1. The number of fused-ring (bicyclic) bond motifs is 1. The minimum absolute atomic E-state index is 0.160. The third-order valence-electron chi connectivity index (χ3n) is 2.93. The highest BCUT2D eigenvalue weighted by Crippen LogP contribution is 2.26. The number of nitrogens with one attached hydrogen (secondary N) is 2. The van der Waals surface area contributed by atoms with E-state index in [1.165, 1.54) is 25.2 Å². The van der Waals surface area contributed by atoms with Gasteiger partial charge in [-0.05, 0) is 20.8 Å². The van der Waals surface area contributed by atoms with Gasteiger partial charge in [-0.15, -0.1) is 11.8 Å². The van der Waals surface area contributed by atoms with Gasteiger partial charge in [-0.25, -0.2) is 15.0 Å². The number of methoxy groups -OCH3 is 1. The Morgan fingerprint density at radius 2 is 2.24 bits per heavy atom. The summed E-state index contributed by atoms with van der Waals surface area (Å²) in [5.41, 5.74) is 0.605. The molecule has 2 heterocycles. The summed E-state index contributed by atoms with van der Waals surface area (Å²) >= 11 is 1.46. The first-order valence-electron chi connectivity index (χ1n) is 6.59. The van der Waals surface area contributed by atoms with Gasteiger partial charge in [-0.2, -0.15) is 0 Å². The molecule has 1 atom stereocenters. The molecule has 0 saturated heterocycles. The summed E-state index contributed by atoms with van der Waals surface area (Å²) in [6.45, 7) is 5.81. The number of H-pyrrole nitrogens is 1. The second kappa shape index (κ2) is 6.40. The third-order valence-corrected chi connectivity index (χ3v) is 4.23. The fourth-order valence-corrected chi connectivity index (χ4v) is 3.13. The first-order valence-corrected chi connectivity index (χ1v) is 7.58. The lowest BCUT2D eigenvalue weighted by Gasteiger charge is -2.29. The van der Waals surface area contributed by atoms with E-state index < -0.39 is 5.54 Å². The van der Waals surface area contributed by atoms with Gasteiger partial charge in [-0.1, -0.05) is 0 Å². The highest BCUT2D eigenvalue weighted by atomic mass is 32.2. The Morgan fingerprint density at radius 1 is 1.48 bits per heavy atom. The molecule has 2 rings (SSSR count). The first kappa shape index (κ1) is 15.7. The van der Waals surface area contributed by atoms with E-state index >= 15 is 0 Å². The van der Waals surface area contributed by atoms with Crippen molar-refractivity contribution in [3.05, 3.63) is 12.7 Å². The fraction of sp³-hybridized carbons (Fsp3) is 0.538. The minimum atomic E-state index is -0.787. The average molecular weight is 309 g/mol. The van der Waals surface area contributed by atoms with Crippen LogP contribution in [0.5, 0.6) is 0 Å². The number of carbonyl (C=O) groups is 1. The van der Waals surface area contributed by atoms with Crippen molar-refractivity contribution in [2.75, 3.05) is 12.9 Å². The van der Waals surface area contributed by atoms with Crippen LogP contribution in [0.1, 0.15) is 20.8 Å². The normalized spacial score (nSPS) is 14.3. The maximum absolute atomic E-state index is 12.1. The molecule has 0 radical (unpaired) electrons. The van der Waals surface area contributed by atoms with Gasteiger partial charge < -0.3 is 9.72 Å². The van der Waals surface area contributed by atoms with Crippen molar-refractivity contribution < 1.29 is 9.53 Å². The Hall–Kier alpha value is -1.67. The molecule has 2 aromatic heterocycles. The minimum Gasteiger partial charge on any atom is -0.468 e. The molecule has 7 nitrogen and oxygen atoms in total. The van der Waals surface area contributed by atoms with Crippen LogP contribution in [0, 0.1) is 0 Å². The number of hydrogen-bond donors (Lipinski definition) is 2. The zero-order valence-corrected chi connectivity index (χ0v) is 13.3. The van der Waals surface area contributed by atoms with Gasteiger partial charge >= 0.3 is 5.97 Å². The Balaban J connectivity index is 2.18. The van der Waals surface area contributed by atoms with Gasteiger partial charge in [0.1, 0.15) is 22.4 Å². The van der Waals surface area contributed by atoms with E-state index in [0.717, 1.165) is 10.5 Å². The van der Waals surface area contributed by atoms with Crippen molar-refractivity contribution in [3.8, 4) is 0 Å². The van der Waals surface area contributed by atoms with E-state index in [1.807, 2.05) is 20.8 Å². The van der Waals surface area contributed by atoms with Crippen molar-refractivity contribution in [2.45, 2.75) is 37.4 Å². The molecule has 0 aliphatic rings. The summed E-state index contributed by atoms with van der Waals surface area (Å²) in [5.74, 6) is 0.196. The van der Waals surface area contributed by atoms with Gasteiger partial charge in [0.15, 0.2) is 5.65 Å². The Labute approximate surface area is 127 Å². The lowest BCUT2D eigenvalue weighted by molar-refractivity contribution is -0.147. The van der Waals surface area contributed by atoms with Gasteiger partial charge in [0.2, 0.25) is 0 Å². The van der Waals surface area contributed by atoms with Crippen molar-refractivity contribution in [2.24, 2.45) is 0 Å². The molecule has 0 aromatic carbocycles. The maximum atomic E-state index is 12.1. The summed E-state index contributed by atoms with van der Waals surface area (Å²) in [4.78, 5) is 27.5. The third kappa shape index (κ3) is 3.51.